The third-order valence-corrected chi connectivity index (χ3v) is 0.960. The van der Waals surface area contributed by atoms with Crippen LogP contribution in [0.1, 0.15) is 5.76 Å². The summed E-state index contributed by atoms with van der Waals surface area (Å²) >= 11 is 3.05. The van der Waals surface area contributed by atoms with Crippen LogP contribution in [0.25, 0.3) is 0 Å². The van der Waals surface area contributed by atoms with Gasteiger partial charge in [-0.25, -0.2) is 4.98 Å². The number of aryl methyl sites for hydroxylation is 1. The van der Waals surface area contributed by atoms with E-state index in [4.69, 9.17) is 4.42 Å². The molecule has 38 valence electrons. The number of hydrogen-bond acceptors (Lipinski definition) is 2. The lowest BCUT2D eigenvalue weighted by Crippen LogP contribution is -1.51. The molecule has 3 heteroatoms. The molecule has 0 aliphatic carbocycles. The fourth-order valence-corrected chi connectivity index (χ4v) is 0.685. The third-order valence-electron chi connectivity index (χ3n) is 0.593. The maximum atomic E-state index is 4.89. The van der Waals surface area contributed by atoms with E-state index in [9.17, 15) is 0 Å². The van der Waals surface area contributed by atoms with Gasteiger partial charge < -0.3 is 4.42 Å². The summed E-state index contributed by atoms with van der Waals surface area (Å²) < 4.78 is 4.89. The Kier molecular flexibility index (Phi) is 1.15. The minimum absolute atomic E-state index is 0.546. The molecule has 0 bridgehead atoms. The predicted octanol–water partition coefficient (Wildman–Crippen LogP) is 1.75. The van der Waals surface area contributed by atoms with Crippen LogP contribution >= 0.6 is 15.9 Å². The predicted molar refractivity (Wildman–Crippen MR) is 28.9 cm³/mol. The topological polar surface area (TPSA) is 26.0 Å². The lowest BCUT2D eigenvalue weighted by atomic mass is 10.6. The van der Waals surface area contributed by atoms with Gasteiger partial charge in [0.05, 0.1) is 6.20 Å². The molecule has 0 aromatic carbocycles. The molecule has 0 spiro atoms. The Morgan fingerprint density at radius 1 is 1.86 bits per heavy atom. The molecule has 7 heavy (non-hydrogen) atoms. The molecule has 0 saturated heterocycles. The fourth-order valence-electron chi connectivity index (χ4n) is 0.327. The van der Waals surface area contributed by atoms with Crippen LogP contribution in [0.3, 0.4) is 0 Å². The van der Waals surface area contributed by atoms with Gasteiger partial charge in [-0.15, -0.1) is 0 Å². The highest BCUT2D eigenvalue weighted by molar-refractivity contribution is 9.10. The van der Waals surface area contributed by atoms with Crippen molar-refractivity contribution in [3.05, 3.63) is 16.8 Å². The molecule has 1 aromatic heterocycles. The number of rotatable bonds is 0. The zero-order valence-corrected chi connectivity index (χ0v) is 5.40. The second-order valence-electron chi connectivity index (χ2n) is 1.22. The standard InChI is InChI=1S/C4H4BrNO/c1-3-2-6-4(5)7-3/h2H,1H3. The lowest BCUT2D eigenvalue weighted by molar-refractivity contribution is 0.500. The van der Waals surface area contributed by atoms with E-state index in [1.165, 1.54) is 0 Å². The Hall–Kier alpha value is -0.310. The van der Waals surface area contributed by atoms with Crippen LogP contribution in [-0.2, 0) is 0 Å². The fraction of sp³-hybridized carbons (Fsp3) is 0.250. The molecule has 0 atom stereocenters. The van der Waals surface area contributed by atoms with Gasteiger partial charge >= 0.3 is 0 Å². The van der Waals surface area contributed by atoms with Crippen LogP contribution < -0.4 is 0 Å². The molecular formula is C4H4BrNO. The summed E-state index contributed by atoms with van der Waals surface area (Å²) in [5, 5.41) is 0. The summed E-state index contributed by atoms with van der Waals surface area (Å²) in [7, 11) is 0. The maximum absolute atomic E-state index is 4.89. The van der Waals surface area contributed by atoms with Crippen LogP contribution in [0.15, 0.2) is 15.4 Å². The van der Waals surface area contributed by atoms with Crippen LogP contribution in [0, 0.1) is 6.92 Å². The van der Waals surface area contributed by atoms with Gasteiger partial charge in [0.15, 0.2) is 0 Å². The quantitative estimate of drug-likeness (QED) is 0.580. The summed E-state index contributed by atoms with van der Waals surface area (Å²) in [4.78, 5) is 4.31. The van der Waals surface area contributed by atoms with Crippen molar-refractivity contribution in [3.63, 3.8) is 0 Å². The van der Waals surface area contributed by atoms with Gasteiger partial charge in [-0.2, -0.15) is 0 Å². The van der Waals surface area contributed by atoms with Crippen molar-refractivity contribution in [1.82, 2.24) is 4.98 Å². The number of oxazole rings is 1. The first kappa shape index (κ1) is 4.84. The van der Waals surface area contributed by atoms with Crippen molar-refractivity contribution in [2.45, 2.75) is 6.92 Å². The van der Waals surface area contributed by atoms with E-state index in [0.717, 1.165) is 5.76 Å². The summed E-state index contributed by atoms with van der Waals surface area (Å²) in [6.07, 6.45) is 1.66. The Balaban J connectivity index is 3.04. The van der Waals surface area contributed by atoms with E-state index in [0.29, 0.717) is 4.80 Å². The summed E-state index contributed by atoms with van der Waals surface area (Å²) in [5.74, 6) is 0.826. The molecular weight excluding hydrogens is 158 g/mol. The van der Waals surface area contributed by atoms with Crippen LogP contribution in [-0.4, -0.2) is 4.98 Å². The van der Waals surface area contributed by atoms with E-state index in [2.05, 4.69) is 20.9 Å². The summed E-state index contributed by atoms with van der Waals surface area (Å²) in [6, 6.07) is 0. The van der Waals surface area contributed by atoms with Gasteiger partial charge in [-0.05, 0) is 6.92 Å². The summed E-state index contributed by atoms with van der Waals surface area (Å²) in [5.41, 5.74) is 0. The van der Waals surface area contributed by atoms with Gasteiger partial charge in [-0.1, -0.05) is 0 Å². The Labute approximate surface area is 49.7 Å². The van der Waals surface area contributed by atoms with Gasteiger partial charge in [-0.3, -0.25) is 0 Å². The zero-order chi connectivity index (χ0) is 5.28. The molecule has 0 aliphatic heterocycles. The van der Waals surface area contributed by atoms with Crippen molar-refractivity contribution >= 4 is 15.9 Å². The molecule has 2 nitrogen and oxygen atoms in total. The van der Waals surface area contributed by atoms with Gasteiger partial charge in [0.25, 0.3) is 4.80 Å². The first-order valence-electron chi connectivity index (χ1n) is 1.87. The minimum atomic E-state index is 0.546. The first-order chi connectivity index (χ1) is 3.29. The molecule has 0 saturated carbocycles. The molecule has 0 aliphatic rings. The molecule has 0 unspecified atom stereocenters. The maximum Gasteiger partial charge on any atom is 0.264 e. The average molecular weight is 162 g/mol. The van der Waals surface area contributed by atoms with E-state index in [1.54, 1.807) is 6.20 Å². The Morgan fingerprint density at radius 3 is 2.71 bits per heavy atom. The third kappa shape index (κ3) is 1.03. The highest BCUT2D eigenvalue weighted by Crippen LogP contribution is 2.07. The SMILES string of the molecule is Cc1cnc(Br)o1. The molecule has 0 fully saturated rings. The van der Waals surface area contributed by atoms with E-state index in [-0.39, 0.29) is 0 Å². The van der Waals surface area contributed by atoms with E-state index >= 15 is 0 Å². The van der Waals surface area contributed by atoms with Crippen LogP contribution in [0.5, 0.6) is 0 Å². The van der Waals surface area contributed by atoms with Gasteiger partial charge in [0, 0.05) is 15.9 Å². The molecule has 0 amide bonds. The zero-order valence-electron chi connectivity index (χ0n) is 3.81. The van der Waals surface area contributed by atoms with Crippen LogP contribution in [0.2, 0.25) is 0 Å². The van der Waals surface area contributed by atoms with Crippen molar-refractivity contribution in [1.29, 1.82) is 0 Å². The smallest absolute Gasteiger partial charge is 0.264 e. The number of aromatic nitrogens is 1. The lowest BCUT2D eigenvalue weighted by Gasteiger charge is -1.71. The van der Waals surface area contributed by atoms with Crippen molar-refractivity contribution in [2.75, 3.05) is 0 Å². The Bertz CT molecular complexity index is 144. The molecule has 1 heterocycles. The van der Waals surface area contributed by atoms with E-state index < -0.39 is 0 Å². The highest BCUT2D eigenvalue weighted by atomic mass is 79.9. The average Bonchev–Trinajstić information content (AvgIpc) is 1.87. The van der Waals surface area contributed by atoms with Gasteiger partial charge in [0.2, 0.25) is 0 Å². The van der Waals surface area contributed by atoms with Crippen molar-refractivity contribution < 1.29 is 4.42 Å². The highest BCUT2D eigenvalue weighted by Gasteiger charge is 1.89. The van der Waals surface area contributed by atoms with E-state index in [1.807, 2.05) is 6.92 Å². The molecule has 0 radical (unpaired) electrons. The summed E-state index contributed by atoms with van der Waals surface area (Å²) in [6.45, 7) is 1.84. The second-order valence-corrected chi connectivity index (χ2v) is 1.90. The normalized spacial score (nSPS) is 9.43. The second kappa shape index (κ2) is 1.66. The van der Waals surface area contributed by atoms with Crippen molar-refractivity contribution in [3.8, 4) is 0 Å². The van der Waals surface area contributed by atoms with Crippen molar-refractivity contribution in [2.24, 2.45) is 0 Å². The first-order valence-corrected chi connectivity index (χ1v) is 2.66. The van der Waals surface area contributed by atoms with Gasteiger partial charge in [0.1, 0.15) is 5.76 Å². The number of halogens is 1. The molecule has 1 aromatic rings. The molecule has 1 rings (SSSR count). The Morgan fingerprint density at radius 2 is 2.57 bits per heavy atom. The van der Waals surface area contributed by atoms with Crippen LogP contribution in [0.4, 0.5) is 0 Å². The monoisotopic (exact) mass is 161 g/mol. The number of hydrogen-bond donors (Lipinski definition) is 0. The number of nitrogens with zero attached hydrogens (tertiary/aromatic N) is 1. The molecule has 0 N–H and O–H groups in total. The minimum Gasteiger partial charge on any atom is -0.437 e. The largest absolute Gasteiger partial charge is 0.437 e.